The summed E-state index contributed by atoms with van der Waals surface area (Å²) in [5.74, 6) is 0.794. The first-order chi connectivity index (χ1) is 6.62. The molecule has 1 unspecified atom stereocenters. The van der Waals surface area contributed by atoms with Crippen LogP contribution in [0.25, 0.3) is 0 Å². The number of allylic oxidation sites excluding steroid dienone is 1. The van der Waals surface area contributed by atoms with Crippen LogP contribution >= 0.6 is 0 Å². The van der Waals surface area contributed by atoms with E-state index in [4.69, 9.17) is 0 Å². The third kappa shape index (κ3) is 2.99. The van der Waals surface area contributed by atoms with Gasteiger partial charge in [-0.2, -0.15) is 0 Å². The molecule has 1 nitrogen and oxygen atoms in total. The van der Waals surface area contributed by atoms with Gasteiger partial charge in [-0.25, -0.2) is 0 Å². The standard InChI is InChI=1S/C14H27N/c1-11-8-9-12(13(2,3)4)10-15(11)14(5,6)7/h12H,1,8-10H2,2-7H3. The summed E-state index contributed by atoms with van der Waals surface area (Å²) in [6, 6.07) is 0. The van der Waals surface area contributed by atoms with Crippen molar-refractivity contribution in [1.82, 2.24) is 4.90 Å². The maximum Gasteiger partial charge on any atom is 0.0314 e. The van der Waals surface area contributed by atoms with E-state index in [1.54, 1.807) is 0 Å². The zero-order valence-electron chi connectivity index (χ0n) is 11.4. The van der Waals surface area contributed by atoms with Gasteiger partial charge in [-0.05, 0) is 44.9 Å². The highest BCUT2D eigenvalue weighted by Gasteiger charge is 2.34. The summed E-state index contributed by atoms with van der Waals surface area (Å²) in [6.45, 7) is 19.3. The van der Waals surface area contributed by atoms with Crippen molar-refractivity contribution in [3.05, 3.63) is 12.3 Å². The summed E-state index contributed by atoms with van der Waals surface area (Å²) in [7, 11) is 0. The van der Waals surface area contributed by atoms with Crippen LogP contribution in [-0.2, 0) is 0 Å². The molecule has 0 aliphatic carbocycles. The lowest BCUT2D eigenvalue weighted by Crippen LogP contribution is -2.48. The molecular formula is C14H27N. The summed E-state index contributed by atoms with van der Waals surface area (Å²) in [6.07, 6.45) is 2.47. The highest BCUT2D eigenvalue weighted by atomic mass is 15.2. The molecule has 1 atom stereocenters. The predicted octanol–water partition coefficient (Wildman–Crippen LogP) is 4.06. The van der Waals surface area contributed by atoms with Gasteiger partial charge in [-0.3, -0.25) is 0 Å². The van der Waals surface area contributed by atoms with E-state index >= 15 is 0 Å². The maximum absolute atomic E-state index is 4.20. The van der Waals surface area contributed by atoms with Crippen LogP contribution in [0.2, 0.25) is 0 Å². The summed E-state index contributed by atoms with van der Waals surface area (Å²) in [4.78, 5) is 2.49. The van der Waals surface area contributed by atoms with Crippen molar-refractivity contribution in [3.63, 3.8) is 0 Å². The second kappa shape index (κ2) is 3.84. The second-order valence-corrected chi connectivity index (χ2v) is 6.95. The Labute approximate surface area is 95.5 Å². The summed E-state index contributed by atoms with van der Waals surface area (Å²) in [5, 5.41) is 0. The molecular weight excluding hydrogens is 182 g/mol. The molecule has 1 heteroatoms. The topological polar surface area (TPSA) is 3.24 Å². The Kier molecular flexibility index (Phi) is 3.23. The molecule has 0 aromatic carbocycles. The van der Waals surface area contributed by atoms with E-state index in [1.165, 1.54) is 25.1 Å². The van der Waals surface area contributed by atoms with Gasteiger partial charge < -0.3 is 4.90 Å². The van der Waals surface area contributed by atoms with Gasteiger partial charge in [0.25, 0.3) is 0 Å². The van der Waals surface area contributed by atoms with Crippen molar-refractivity contribution in [2.24, 2.45) is 11.3 Å². The van der Waals surface area contributed by atoms with Gasteiger partial charge in [0.2, 0.25) is 0 Å². The number of rotatable bonds is 0. The van der Waals surface area contributed by atoms with Gasteiger partial charge in [-0.15, -0.1) is 0 Å². The molecule has 15 heavy (non-hydrogen) atoms. The largest absolute Gasteiger partial charge is 0.370 e. The van der Waals surface area contributed by atoms with E-state index in [1.807, 2.05) is 0 Å². The van der Waals surface area contributed by atoms with E-state index in [9.17, 15) is 0 Å². The average molecular weight is 209 g/mol. The molecule has 0 aromatic rings. The maximum atomic E-state index is 4.20. The lowest BCUT2D eigenvalue weighted by molar-refractivity contribution is 0.0733. The Morgan fingerprint density at radius 2 is 1.67 bits per heavy atom. The van der Waals surface area contributed by atoms with Crippen molar-refractivity contribution in [1.29, 1.82) is 0 Å². The minimum Gasteiger partial charge on any atom is -0.370 e. The molecule has 88 valence electrons. The quantitative estimate of drug-likeness (QED) is 0.581. The first-order valence-electron chi connectivity index (χ1n) is 6.08. The van der Waals surface area contributed by atoms with E-state index in [0.29, 0.717) is 5.41 Å². The highest BCUT2D eigenvalue weighted by Crippen LogP contribution is 2.38. The second-order valence-electron chi connectivity index (χ2n) is 6.95. The zero-order chi connectivity index (χ0) is 11.9. The molecule has 1 saturated heterocycles. The minimum absolute atomic E-state index is 0.223. The van der Waals surface area contributed by atoms with E-state index < -0.39 is 0 Å². The number of nitrogens with zero attached hydrogens (tertiary/aromatic N) is 1. The summed E-state index contributed by atoms with van der Waals surface area (Å²) < 4.78 is 0. The Morgan fingerprint density at radius 3 is 2.07 bits per heavy atom. The molecule has 0 aromatic heterocycles. The molecule has 1 heterocycles. The number of likely N-dealkylation sites (tertiary alicyclic amines) is 1. The number of piperidine rings is 1. The van der Waals surface area contributed by atoms with Gasteiger partial charge in [-0.1, -0.05) is 27.4 Å². The van der Waals surface area contributed by atoms with Crippen molar-refractivity contribution in [3.8, 4) is 0 Å². The SMILES string of the molecule is C=C1CCC(C(C)(C)C)CN1C(C)(C)C. The van der Waals surface area contributed by atoms with Crippen LogP contribution in [0, 0.1) is 11.3 Å². The van der Waals surface area contributed by atoms with Gasteiger partial charge >= 0.3 is 0 Å². The van der Waals surface area contributed by atoms with Gasteiger partial charge in [0.05, 0.1) is 0 Å². The number of hydrogen-bond donors (Lipinski definition) is 0. The molecule has 1 fully saturated rings. The van der Waals surface area contributed by atoms with Gasteiger partial charge in [0, 0.05) is 17.8 Å². The van der Waals surface area contributed by atoms with Crippen LogP contribution in [0.1, 0.15) is 54.4 Å². The Morgan fingerprint density at radius 1 is 1.13 bits per heavy atom. The average Bonchev–Trinajstić information content (AvgIpc) is 2.00. The van der Waals surface area contributed by atoms with Crippen LogP contribution < -0.4 is 0 Å². The first kappa shape index (κ1) is 12.6. The normalized spacial score (nSPS) is 24.5. The minimum atomic E-state index is 0.223. The third-order valence-electron chi connectivity index (χ3n) is 3.60. The van der Waals surface area contributed by atoms with Gasteiger partial charge in [0.15, 0.2) is 0 Å². The zero-order valence-corrected chi connectivity index (χ0v) is 11.4. The van der Waals surface area contributed by atoms with Crippen molar-refractivity contribution >= 4 is 0 Å². The monoisotopic (exact) mass is 209 g/mol. The third-order valence-corrected chi connectivity index (χ3v) is 3.60. The Hall–Kier alpha value is -0.460. The van der Waals surface area contributed by atoms with Gasteiger partial charge in [0.1, 0.15) is 0 Å². The Balaban J connectivity index is 2.78. The van der Waals surface area contributed by atoms with E-state index in [2.05, 4.69) is 53.0 Å². The van der Waals surface area contributed by atoms with Crippen molar-refractivity contribution in [2.75, 3.05) is 6.54 Å². The summed E-state index contributed by atoms with van der Waals surface area (Å²) in [5.41, 5.74) is 1.97. The lowest BCUT2D eigenvalue weighted by atomic mass is 9.75. The Bertz CT molecular complexity index is 239. The fourth-order valence-corrected chi connectivity index (χ4v) is 2.37. The fraction of sp³-hybridized carbons (Fsp3) is 0.857. The highest BCUT2D eigenvalue weighted by molar-refractivity contribution is 5.05. The van der Waals surface area contributed by atoms with Crippen LogP contribution in [0.3, 0.4) is 0 Å². The van der Waals surface area contributed by atoms with Crippen LogP contribution in [0.15, 0.2) is 12.3 Å². The molecule has 0 saturated carbocycles. The van der Waals surface area contributed by atoms with Crippen LogP contribution in [-0.4, -0.2) is 17.0 Å². The summed E-state index contributed by atoms with van der Waals surface area (Å²) >= 11 is 0. The van der Waals surface area contributed by atoms with E-state index in [-0.39, 0.29) is 5.54 Å². The predicted molar refractivity (Wildman–Crippen MR) is 67.8 cm³/mol. The molecule has 1 rings (SSSR count). The molecule has 0 N–H and O–H groups in total. The van der Waals surface area contributed by atoms with E-state index in [0.717, 1.165) is 5.92 Å². The smallest absolute Gasteiger partial charge is 0.0314 e. The van der Waals surface area contributed by atoms with Crippen LogP contribution in [0.4, 0.5) is 0 Å². The number of hydrogen-bond acceptors (Lipinski definition) is 1. The molecule has 0 spiro atoms. The first-order valence-corrected chi connectivity index (χ1v) is 6.08. The molecule has 0 bridgehead atoms. The fourth-order valence-electron chi connectivity index (χ4n) is 2.37. The van der Waals surface area contributed by atoms with Crippen molar-refractivity contribution < 1.29 is 0 Å². The lowest BCUT2D eigenvalue weighted by Gasteiger charge is -2.48. The van der Waals surface area contributed by atoms with Crippen LogP contribution in [0.5, 0.6) is 0 Å². The molecule has 0 radical (unpaired) electrons. The molecule has 1 aliphatic rings. The molecule has 1 aliphatic heterocycles. The molecule has 0 amide bonds. The van der Waals surface area contributed by atoms with Crippen molar-refractivity contribution in [2.45, 2.75) is 59.9 Å².